The van der Waals surface area contributed by atoms with Crippen molar-refractivity contribution in [2.75, 3.05) is 25.9 Å². The average molecular weight is 319 g/mol. The first-order valence-corrected chi connectivity index (χ1v) is 7.48. The van der Waals surface area contributed by atoms with E-state index in [0.717, 1.165) is 25.3 Å². The Morgan fingerprint density at radius 2 is 1.73 bits per heavy atom. The minimum atomic E-state index is 0. The molecule has 0 aliphatic carbocycles. The van der Waals surface area contributed by atoms with Crippen LogP contribution in [0.15, 0.2) is 54.6 Å². The lowest BCUT2D eigenvalue weighted by molar-refractivity contribution is 0.0908. The van der Waals surface area contributed by atoms with Gasteiger partial charge in [0.25, 0.3) is 0 Å². The zero-order valence-electron chi connectivity index (χ0n) is 12.8. The summed E-state index contributed by atoms with van der Waals surface area (Å²) < 4.78 is 6.25. The third-order valence-electron chi connectivity index (χ3n) is 4.18. The lowest BCUT2D eigenvalue weighted by Gasteiger charge is -2.37. The first kappa shape index (κ1) is 16.7. The molecular weight excluding hydrogens is 296 g/mol. The molecule has 0 bridgehead atoms. The Bertz CT molecular complexity index is 591. The highest BCUT2D eigenvalue weighted by atomic mass is 35.5. The number of nitrogens with zero attached hydrogens (tertiary/aromatic N) is 1. The number of nitrogen functional groups attached to an aromatic ring is 1. The van der Waals surface area contributed by atoms with Gasteiger partial charge >= 0.3 is 0 Å². The molecule has 1 aliphatic heterocycles. The van der Waals surface area contributed by atoms with Gasteiger partial charge in [0.2, 0.25) is 0 Å². The van der Waals surface area contributed by atoms with Gasteiger partial charge in [0, 0.05) is 19.0 Å². The maximum absolute atomic E-state index is 6.25. The van der Waals surface area contributed by atoms with Crippen molar-refractivity contribution in [1.29, 1.82) is 0 Å². The van der Waals surface area contributed by atoms with Crippen molar-refractivity contribution >= 4 is 18.1 Å². The lowest BCUT2D eigenvalue weighted by Crippen LogP contribution is -2.42. The highest BCUT2D eigenvalue weighted by Gasteiger charge is 2.30. The van der Waals surface area contributed by atoms with E-state index in [1.165, 1.54) is 5.56 Å². The summed E-state index contributed by atoms with van der Waals surface area (Å²) in [4.78, 5) is 2.37. The molecule has 2 aromatic carbocycles. The van der Waals surface area contributed by atoms with Crippen LogP contribution in [0.5, 0.6) is 5.75 Å². The van der Waals surface area contributed by atoms with E-state index in [1.54, 1.807) is 0 Å². The molecule has 2 aromatic rings. The lowest BCUT2D eigenvalue weighted by atomic mass is 9.88. The van der Waals surface area contributed by atoms with Crippen LogP contribution >= 0.6 is 12.4 Å². The molecule has 2 N–H and O–H groups in total. The number of benzene rings is 2. The molecule has 1 heterocycles. The van der Waals surface area contributed by atoms with Crippen LogP contribution in [0.1, 0.15) is 17.9 Å². The minimum Gasteiger partial charge on any atom is -0.488 e. The number of anilines is 1. The molecule has 0 amide bonds. The SMILES string of the molecule is CN1CC[C@H](Oc2ccccc2N)[C@H](c2ccccc2)C1.Cl. The quantitative estimate of drug-likeness (QED) is 0.879. The van der Waals surface area contributed by atoms with Gasteiger partial charge in [-0.1, -0.05) is 42.5 Å². The zero-order chi connectivity index (χ0) is 14.7. The number of halogens is 1. The van der Waals surface area contributed by atoms with Crippen LogP contribution in [-0.2, 0) is 0 Å². The van der Waals surface area contributed by atoms with Gasteiger partial charge in [-0.15, -0.1) is 12.4 Å². The number of likely N-dealkylation sites (N-methyl/N-ethyl adjacent to an activating group) is 1. The fourth-order valence-electron chi connectivity index (χ4n) is 3.01. The van der Waals surface area contributed by atoms with Crippen molar-refractivity contribution < 1.29 is 4.74 Å². The molecule has 3 nitrogen and oxygen atoms in total. The van der Waals surface area contributed by atoms with Crippen molar-refractivity contribution in [3.05, 3.63) is 60.2 Å². The number of ether oxygens (including phenoxy) is 1. The van der Waals surface area contributed by atoms with Crippen LogP contribution in [-0.4, -0.2) is 31.1 Å². The molecule has 0 spiro atoms. The standard InChI is InChI=1S/C18H22N2O.ClH/c1-20-12-11-17(21-18-10-6-5-9-16(18)19)15(13-20)14-7-3-2-4-8-14;/h2-10,15,17H,11-13,19H2,1H3;1H/t15-,17-;/m0./s1. The molecule has 0 radical (unpaired) electrons. The van der Waals surface area contributed by atoms with Gasteiger partial charge in [0.1, 0.15) is 11.9 Å². The Kier molecular flexibility index (Phi) is 5.69. The van der Waals surface area contributed by atoms with E-state index in [0.29, 0.717) is 11.6 Å². The highest BCUT2D eigenvalue weighted by Crippen LogP contribution is 2.32. The van der Waals surface area contributed by atoms with Gasteiger partial charge in [-0.25, -0.2) is 0 Å². The molecule has 1 saturated heterocycles. The highest BCUT2D eigenvalue weighted by molar-refractivity contribution is 5.85. The Labute approximate surface area is 138 Å². The van der Waals surface area contributed by atoms with Gasteiger partial charge < -0.3 is 15.4 Å². The first-order chi connectivity index (χ1) is 10.2. The summed E-state index contributed by atoms with van der Waals surface area (Å²) >= 11 is 0. The second-order valence-corrected chi connectivity index (χ2v) is 5.76. The minimum absolute atomic E-state index is 0. The van der Waals surface area contributed by atoms with E-state index in [9.17, 15) is 0 Å². The molecular formula is C18H23ClN2O. The van der Waals surface area contributed by atoms with Crippen molar-refractivity contribution in [1.82, 2.24) is 4.90 Å². The van der Waals surface area contributed by atoms with Crippen LogP contribution < -0.4 is 10.5 Å². The third-order valence-corrected chi connectivity index (χ3v) is 4.18. The predicted molar refractivity (Wildman–Crippen MR) is 93.8 cm³/mol. The van der Waals surface area contributed by atoms with Crippen LogP contribution in [0.3, 0.4) is 0 Å². The molecule has 22 heavy (non-hydrogen) atoms. The zero-order valence-corrected chi connectivity index (χ0v) is 13.6. The van der Waals surface area contributed by atoms with Gasteiger partial charge in [0.05, 0.1) is 5.69 Å². The number of rotatable bonds is 3. The number of hydrogen-bond donors (Lipinski definition) is 1. The topological polar surface area (TPSA) is 38.5 Å². The van der Waals surface area contributed by atoms with Gasteiger partial charge in [-0.2, -0.15) is 0 Å². The Morgan fingerprint density at radius 3 is 2.45 bits per heavy atom. The van der Waals surface area contributed by atoms with Gasteiger partial charge in [-0.05, 0) is 31.2 Å². The summed E-state index contributed by atoms with van der Waals surface area (Å²) in [6.07, 6.45) is 1.19. The number of para-hydroxylation sites is 2. The number of hydrogen-bond acceptors (Lipinski definition) is 3. The summed E-state index contributed by atoms with van der Waals surface area (Å²) in [7, 11) is 2.17. The molecule has 1 fully saturated rings. The fourth-order valence-corrected chi connectivity index (χ4v) is 3.01. The second kappa shape index (κ2) is 7.52. The van der Waals surface area contributed by atoms with E-state index in [4.69, 9.17) is 10.5 Å². The van der Waals surface area contributed by atoms with Crippen LogP contribution in [0, 0.1) is 0 Å². The summed E-state index contributed by atoms with van der Waals surface area (Å²) in [6, 6.07) is 18.4. The Balaban J connectivity index is 0.00000176. The second-order valence-electron chi connectivity index (χ2n) is 5.76. The maximum atomic E-state index is 6.25. The van der Waals surface area contributed by atoms with Gasteiger partial charge in [0.15, 0.2) is 0 Å². The Hall–Kier alpha value is -1.71. The summed E-state index contributed by atoms with van der Waals surface area (Å²) in [5.74, 6) is 1.18. The third kappa shape index (κ3) is 3.73. The molecule has 0 unspecified atom stereocenters. The van der Waals surface area contributed by atoms with Crippen molar-refractivity contribution in [2.45, 2.75) is 18.4 Å². The van der Waals surface area contributed by atoms with Crippen LogP contribution in [0.25, 0.3) is 0 Å². The van der Waals surface area contributed by atoms with Crippen LogP contribution in [0.2, 0.25) is 0 Å². The van der Waals surface area contributed by atoms with Crippen molar-refractivity contribution in [3.8, 4) is 5.75 Å². The van der Waals surface area contributed by atoms with E-state index < -0.39 is 0 Å². The smallest absolute Gasteiger partial charge is 0.142 e. The summed E-state index contributed by atoms with van der Waals surface area (Å²) in [5.41, 5.74) is 8.06. The first-order valence-electron chi connectivity index (χ1n) is 7.48. The summed E-state index contributed by atoms with van der Waals surface area (Å²) in [5, 5.41) is 0. The normalized spacial score (nSPS) is 21.9. The summed E-state index contributed by atoms with van der Waals surface area (Å²) in [6.45, 7) is 2.07. The van der Waals surface area contributed by atoms with Crippen LogP contribution in [0.4, 0.5) is 5.69 Å². The molecule has 4 heteroatoms. The number of piperidine rings is 1. The Morgan fingerprint density at radius 1 is 1.05 bits per heavy atom. The predicted octanol–water partition coefficient (Wildman–Crippen LogP) is 3.56. The molecule has 1 aliphatic rings. The van der Waals surface area contributed by atoms with E-state index in [1.807, 2.05) is 24.3 Å². The van der Waals surface area contributed by atoms with Crippen molar-refractivity contribution in [2.24, 2.45) is 0 Å². The average Bonchev–Trinajstić information content (AvgIpc) is 2.52. The van der Waals surface area contributed by atoms with E-state index in [2.05, 4.69) is 42.3 Å². The van der Waals surface area contributed by atoms with E-state index in [-0.39, 0.29) is 18.5 Å². The number of nitrogens with two attached hydrogens (primary N) is 1. The van der Waals surface area contributed by atoms with Gasteiger partial charge in [-0.3, -0.25) is 0 Å². The molecule has 2 atom stereocenters. The monoisotopic (exact) mass is 318 g/mol. The number of likely N-dealkylation sites (tertiary alicyclic amines) is 1. The molecule has 118 valence electrons. The van der Waals surface area contributed by atoms with Crippen molar-refractivity contribution in [3.63, 3.8) is 0 Å². The fraction of sp³-hybridized carbons (Fsp3) is 0.333. The largest absolute Gasteiger partial charge is 0.488 e. The molecule has 3 rings (SSSR count). The molecule has 0 saturated carbocycles. The maximum Gasteiger partial charge on any atom is 0.142 e. The molecule has 0 aromatic heterocycles. The van der Waals surface area contributed by atoms with E-state index >= 15 is 0 Å².